The average Bonchev–Trinajstić information content (AvgIpc) is 2.45. The number of aliphatic hydroxyl groups is 1. The first kappa shape index (κ1) is 18.3. The number of rotatable bonds is 8. The van der Waals surface area contributed by atoms with Crippen molar-refractivity contribution in [3.63, 3.8) is 0 Å². The van der Waals surface area contributed by atoms with Crippen molar-refractivity contribution >= 4 is 15.7 Å². The van der Waals surface area contributed by atoms with Crippen LogP contribution in [0, 0.1) is 16.0 Å². The highest BCUT2D eigenvalue weighted by Crippen LogP contribution is 2.18. The lowest BCUT2D eigenvalue weighted by molar-refractivity contribution is -0.384. The maximum atomic E-state index is 12.3. The van der Waals surface area contributed by atoms with Crippen LogP contribution in [0.15, 0.2) is 41.8 Å². The Hall–Kier alpha value is -1.77. The van der Waals surface area contributed by atoms with Crippen LogP contribution in [0.2, 0.25) is 0 Å². The molecular weight excluding hydrogens is 308 g/mol. The van der Waals surface area contributed by atoms with E-state index in [9.17, 15) is 23.6 Å². The lowest BCUT2D eigenvalue weighted by Crippen LogP contribution is -2.43. The fourth-order valence-corrected chi connectivity index (χ4v) is 3.21. The molecule has 122 valence electrons. The summed E-state index contributed by atoms with van der Waals surface area (Å²) in [5, 5.41) is 20.4. The van der Waals surface area contributed by atoms with Gasteiger partial charge in [-0.2, -0.15) is 0 Å². The fourth-order valence-electron chi connectivity index (χ4n) is 1.94. The standard InChI is InChI=1S/C14H20N2O5S/c1-4-14(17)13(9-10(2)3)15-22(20,21)12-7-5-11(6-8-12)16(18)19/h4-8,10,13-15,17H,1,9H2,2-3H3/t13-,14+/m0/s1. The van der Waals surface area contributed by atoms with Crippen LogP contribution in [0.4, 0.5) is 5.69 Å². The van der Waals surface area contributed by atoms with Crippen LogP contribution in [0.3, 0.4) is 0 Å². The lowest BCUT2D eigenvalue weighted by atomic mass is 10.0. The molecule has 0 aliphatic carbocycles. The molecule has 0 saturated heterocycles. The van der Waals surface area contributed by atoms with Crippen LogP contribution in [0.25, 0.3) is 0 Å². The van der Waals surface area contributed by atoms with E-state index in [4.69, 9.17) is 0 Å². The molecule has 0 heterocycles. The molecule has 2 N–H and O–H groups in total. The summed E-state index contributed by atoms with van der Waals surface area (Å²) in [7, 11) is -3.88. The van der Waals surface area contributed by atoms with Gasteiger partial charge in [-0.1, -0.05) is 19.9 Å². The number of hydrogen-bond donors (Lipinski definition) is 2. The first-order valence-corrected chi connectivity index (χ1v) is 8.23. The van der Waals surface area contributed by atoms with Gasteiger partial charge in [-0.15, -0.1) is 6.58 Å². The van der Waals surface area contributed by atoms with Gasteiger partial charge < -0.3 is 5.11 Å². The SMILES string of the molecule is C=C[C@@H](O)[C@H](CC(C)C)NS(=O)(=O)c1ccc([N+](=O)[O-])cc1. The Labute approximate surface area is 129 Å². The molecule has 1 aromatic rings. The number of nitro groups is 1. The van der Waals surface area contributed by atoms with Crippen molar-refractivity contribution < 1.29 is 18.4 Å². The van der Waals surface area contributed by atoms with E-state index in [2.05, 4.69) is 11.3 Å². The minimum atomic E-state index is -3.88. The smallest absolute Gasteiger partial charge is 0.269 e. The molecule has 0 bridgehead atoms. The van der Waals surface area contributed by atoms with E-state index in [0.717, 1.165) is 24.3 Å². The number of non-ortho nitro benzene ring substituents is 1. The van der Waals surface area contributed by atoms with Crippen molar-refractivity contribution in [1.82, 2.24) is 4.72 Å². The lowest BCUT2D eigenvalue weighted by Gasteiger charge is -2.23. The fraction of sp³-hybridized carbons (Fsp3) is 0.429. The van der Waals surface area contributed by atoms with Crippen LogP contribution in [-0.2, 0) is 10.0 Å². The Kier molecular flexibility index (Phi) is 6.21. The Morgan fingerprint density at radius 3 is 2.32 bits per heavy atom. The van der Waals surface area contributed by atoms with Gasteiger partial charge in [0.15, 0.2) is 0 Å². The second kappa shape index (κ2) is 7.48. The van der Waals surface area contributed by atoms with Crippen LogP contribution >= 0.6 is 0 Å². The number of sulfonamides is 1. The Morgan fingerprint density at radius 1 is 1.36 bits per heavy atom. The van der Waals surface area contributed by atoms with Gasteiger partial charge in [0.05, 0.1) is 22.0 Å². The van der Waals surface area contributed by atoms with Gasteiger partial charge in [0.2, 0.25) is 10.0 Å². The monoisotopic (exact) mass is 328 g/mol. The third-order valence-corrected chi connectivity index (χ3v) is 4.55. The predicted molar refractivity (Wildman–Crippen MR) is 82.9 cm³/mol. The van der Waals surface area contributed by atoms with Gasteiger partial charge in [0.25, 0.3) is 5.69 Å². The summed E-state index contributed by atoms with van der Waals surface area (Å²) in [5.41, 5.74) is -0.191. The van der Waals surface area contributed by atoms with Crippen LogP contribution in [0.5, 0.6) is 0 Å². The summed E-state index contributed by atoms with van der Waals surface area (Å²) in [4.78, 5) is 9.89. The molecule has 0 aliphatic rings. The van der Waals surface area contributed by atoms with Gasteiger partial charge >= 0.3 is 0 Å². The quantitative estimate of drug-likeness (QED) is 0.430. The summed E-state index contributed by atoms with van der Waals surface area (Å²) in [6, 6.07) is 3.85. The average molecular weight is 328 g/mol. The Morgan fingerprint density at radius 2 is 1.91 bits per heavy atom. The minimum absolute atomic E-state index is 0.0943. The summed E-state index contributed by atoms with van der Waals surface area (Å²) >= 11 is 0. The zero-order valence-corrected chi connectivity index (χ0v) is 13.3. The molecular formula is C14H20N2O5S. The molecule has 7 nitrogen and oxygen atoms in total. The zero-order chi connectivity index (χ0) is 16.9. The first-order valence-electron chi connectivity index (χ1n) is 6.74. The number of hydrogen-bond acceptors (Lipinski definition) is 5. The van der Waals surface area contributed by atoms with Gasteiger partial charge in [0.1, 0.15) is 0 Å². The van der Waals surface area contributed by atoms with Crippen molar-refractivity contribution in [2.24, 2.45) is 5.92 Å². The van der Waals surface area contributed by atoms with Crippen molar-refractivity contribution in [3.05, 3.63) is 47.0 Å². The first-order chi connectivity index (χ1) is 10.2. The van der Waals surface area contributed by atoms with E-state index in [1.54, 1.807) is 0 Å². The highest BCUT2D eigenvalue weighted by Gasteiger charge is 2.25. The van der Waals surface area contributed by atoms with Crippen LogP contribution in [0.1, 0.15) is 20.3 Å². The van der Waals surface area contributed by atoms with E-state index in [-0.39, 0.29) is 16.5 Å². The number of benzene rings is 1. The Balaban J connectivity index is 3.00. The molecule has 0 fully saturated rings. The van der Waals surface area contributed by atoms with Crippen molar-refractivity contribution in [2.45, 2.75) is 37.3 Å². The molecule has 8 heteroatoms. The van der Waals surface area contributed by atoms with E-state index in [0.29, 0.717) is 6.42 Å². The molecule has 22 heavy (non-hydrogen) atoms. The second-order valence-electron chi connectivity index (χ2n) is 5.33. The van der Waals surface area contributed by atoms with E-state index in [1.165, 1.54) is 6.08 Å². The highest BCUT2D eigenvalue weighted by atomic mass is 32.2. The summed E-state index contributed by atoms with van der Waals surface area (Å²) in [6.07, 6.45) is 0.681. The number of aliphatic hydroxyl groups excluding tert-OH is 1. The maximum Gasteiger partial charge on any atom is 0.269 e. The Bertz CT molecular complexity index is 625. The maximum absolute atomic E-state index is 12.3. The predicted octanol–water partition coefficient (Wildman–Crippen LogP) is 1.83. The molecule has 0 spiro atoms. The summed E-state index contributed by atoms with van der Waals surface area (Å²) in [6.45, 7) is 7.27. The van der Waals surface area contributed by atoms with Crippen molar-refractivity contribution in [2.75, 3.05) is 0 Å². The molecule has 1 rings (SSSR count). The van der Waals surface area contributed by atoms with E-state index < -0.39 is 27.1 Å². The molecule has 0 saturated carbocycles. The van der Waals surface area contributed by atoms with Crippen molar-refractivity contribution in [3.8, 4) is 0 Å². The molecule has 0 amide bonds. The van der Waals surface area contributed by atoms with Gasteiger partial charge in [-0.25, -0.2) is 13.1 Å². The summed E-state index contributed by atoms with van der Waals surface area (Å²) < 4.78 is 27.0. The van der Waals surface area contributed by atoms with Crippen LogP contribution < -0.4 is 4.72 Å². The normalized spacial score (nSPS) is 14.5. The number of nitro benzene ring substituents is 1. The molecule has 0 aliphatic heterocycles. The summed E-state index contributed by atoms with van der Waals surface area (Å²) in [5.74, 6) is 0.166. The highest BCUT2D eigenvalue weighted by molar-refractivity contribution is 7.89. The third kappa shape index (κ3) is 4.90. The van der Waals surface area contributed by atoms with Gasteiger partial charge in [-0.3, -0.25) is 10.1 Å². The number of nitrogens with zero attached hydrogens (tertiary/aromatic N) is 1. The largest absolute Gasteiger partial charge is 0.387 e. The van der Waals surface area contributed by atoms with Crippen molar-refractivity contribution in [1.29, 1.82) is 0 Å². The molecule has 1 aromatic carbocycles. The molecule has 2 atom stereocenters. The second-order valence-corrected chi connectivity index (χ2v) is 7.05. The molecule has 0 aromatic heterocycles. The van der Waals surface area contributed by atoms with Gasteiger partial charge in [0, 0.05) is 12.1 Å². The third-order valence-electron chi connectivity index (χ3n) is 3.04. The topological polar surface area (TPSA) is 110 Å². The molecule has 0 unspecified atom stereocenters. The van der Waals surface area contributed by atoms with Crippen LogP contribution in [-0.4, -0.2) is 30.6 Å². The van der Waals surface area contributed by atoms with Gasteiger partial charge in [-0.05, 0) is 24.5 Å². The van der Waals surface area contributed by atoms with E-state index in [1.807, 2.05) is 13.8 Å². The molecule has 0 radical (unpaired) electrons. The number of nitrogens with one attached hydrogen (secondary N) is 1. The minimum Gasteiger partial charge on any atom is -0.387 e. The van der Waals surface area contributed by atoms with E-state index >= 15 is 0 Å². The zero-order valence-electron chi connectivity index (χ0n) is 12.5.